The first kappa shape index (κ1) is 17.7. The van der Waals surface area contributed by atoms with Gasteiger partial charge in [0.15, 0.2) is 4.67 Å². The van der Waals surface area contributed by atoms with E-state index in [1.807, 2.05) is 13.8 Å². The van der Waals surface area contributed by atoms with Crippen LogP contribution in [0.3, 0.4) is 0 Å². The van der Waals surface area contributed by atoms with Gasteiger partial charge in [-0.3, -0.25) is 0 Å². The van der Waals surface area contributed by atoms with Crippen LogP contribution in [0, 0.1) is 0 Å². The van der Waals surface area contributed by atoms with Gasteiger partial charge in [0.1, 0.15) is 10.7 Å². The lowest BCUT2D eigenvalue weighted by Crippen LogP contribution is -2.32. The van der Waals surface area contributed by atoms with Crippen LogP contribution in [0.4, 0.5) is 0 Å². The number of sulfonamides is 1. The van der Waals surface area contributed by atoms with E-state index in [9.17, 15) is 8.42 Å². The van der Waals surface area contributed by atoms with Crippen molar-refractivity contribution in [1.82, 2.24) is 10.0 Å². The molecule has 0 aromatic carbocycles. The molecule has 1 atom stereocenters. The van der Waals surface area contributed by atoms with Crippen molar-refractivity contribution in [3.8, 4) is 0 Å². The van der Waals surface area contributed by atoms with Crippen LogP contribution in [0.5, 0.6) is 0 Å². The maximum absolute atomic E-state index is 12.3. The molecule has 0 aliphatic heterocycles. The van der Waals surface area contributed by atoms with Gasteiger partial charge in [-0.05, 0) is 42.2 Å². The summed E-state index contributed by atoms with van der Waals surface area (Å²) >= 11 is 3.18. The van der Waals surface area contributed by atoms with Crippen molar-refractivity contribution in [3.63, 3.8) is 0 Å². The molecule has 1 aromatic heterocycles. The highest BCUT2D eigenvalue weighted by Gasteiger charge is 2.23. The molecule has 0 aliphatic carbocycles. The fourth-order valence-electron chi connectivity index (χ4n) is 1.88. The molecule has 2 N–H and O–H groups in total. The fraction of sp³-hybridized carbons (Fsp3) is 0.692. The summed E-state index contributed by atoms with van der Waals surface area (Å²) < 4.78 is 32.9. The van der Waals surface area contributed by atoms with Gasteiger partial charge in [-0.1, -0.05) is 20.3 Å². The molecule has 0 spiro atoms. The molecule has 1 heterocycles. The van der Waals surface area contributed by atoms with Gasteiger partial charge in [0.25, 0.3) is 0 Å². The SMILES string of the molecule is CCCNCc1cc(S(=O)(=O)NC(C)CCC)c(Br)o1. The first-order valence-electron chi connectivity index (χ1n) is 6.92. The van der Waals surface area contributed by atoms with Crippen molar-refractivity contribution >= 4 is 26.0 Å². The van der Waals surface area contributed by atoms with Crippen LogP contribution in [-0.2, 0) is 16.6 Å². The number of nitrogens with one attached hydrogen (secondary N) is 2. The van der Waals surface area contributed by atoms with Gasteiger partial charge in [0.05, 0.1) is 6.54 Å². The minimum absolute atomic E-state index is 0.0894. The van der Waals surface area contributed by atoms with Crippen molar-refractivity contribution in [2.75, 3.05) is 6.54 Å². The Morgan fingerprint density at radius 3 is 2.65 bits per heavy atom. The summed E-state index contributed by atoms with van der Waals surface area (Å²) in [4.78, 5) is 0.161. The highest BCUT2D eigenvalue weighted by molar-refractivity contribution is 9.10. The Morgan fingerprint density at radius 2 is 2.05 bits per heavy atom. The lowest BCUT2D eigenvalue weighted by atomic mass is 10.2. The normalized spacial score (nSPS) is 13.6. The van der Waals surface area contributed by atoms with E-state index in [0.717, 1.165) is 25.8 Å². The Hall–Kier alpha value is -0.370. The molecule has 0 saturated carbocycles. The second-order valence-corrected chi connectivity index (χ2v) is 7.24. The van der Waals surface area contributed by atoms with Crippen LogP contribution >= 0.6 is 15.9 Å². The number of rotatable bonds is 9. The molecule has 0 saturated heterocycles. The average molecular weight is 367 g/mol. The zero-order valence-electron chi connectivity index (χ0n) is 12.2. The lowest BCUT2D eigenvalue weighted by Gasteiger charge is -2.12. The van der Waals surface area contributed by atoms with Gasteiger partial charge >= 0.3 is 0 Å². The monoisotopic (exact) mass is 366 g/mol. The highest BCUT2D eigenvalue weighted by Crippen LogP contribution is 2.26. The Labute approximate surface area is 129 Å². The van der Waals surface area contributed by atoms with E-state index >= 15 is 0 Å². The third-order valence-corrected chi connectivity index (χ3v) is 5.25. The molecule has 0 bridgehead atoms. The quantitative estimate of drug-likeness (QED) is 0.659. The van der Waals surface area contributed by atoms with Gasteiger partial charge in [-0.2, -0.15) is 0 Å². The van der Waals surface area contributed by atoms with E-state index < -0.39 is 10.0 Å². The van der Waals surface area contributed by atoms with E-state index in [1.165, 1.54) is 0 Å². The van der Waals surface area contributed by atoms with Crippen LogP contribution in [-0.4, -0.2) is 21.0 Å². The van der Waals surface area contributed by atoms with Gasteiger partial charge < -0.3 is 9.73 Å². The number of furan rings is 1. The lowest BCUT2D eigenvalue weighted by molar-refractivity contribution is 0.460. The Bertz CT molecular complexity index is 514. The number of halogens is 1. The first-order valence-corrected chi connectivity index (χ1v) is 9.19. The molecule has 1 aromatic rings. The first-order chi connectivity index (χ1) is 9.40. The maximum atomic E-state index is 12.3. The average Bonchev–Trinajstić information content (AvgIpc) is 2.71. The van der Waals surface area contributed by atoms with Crippen molar-refractivity contribution in [3.05, 3.63) is 16.5 Å². The second-order valence-electron chi connectivity index (χ2n) is 4.84. The van der Waals surface area contributed by atoms with Gasteiger partial charge in [-0.15, -0.1) is 0 Å². The Kier molecular flexibility index (Phi) is 7.22. The second kappa shape index (κ2) is 8.17. The van der Waals surface area contributed by atoms with Crippen LogP contribution in [0.25, 0.3) is 0 Å². The van der Waals surface area contributed by atoms with Crippen molar-refractivity contribution in [2.45, 2.75) is 57.5 Å². The number of hydrogen-bond donors (Lipinski definition) is 2. The molecule has 7 heteroatoms. The van der Waals surface area contributed by atoms with Gasteiger partial charge in [0.2, 0.25) is 10.0 Å². The van der Waals surface area contributed by atoms with E-state index in [0.29, 0.717) is 12.3 Å². The summed E-state index contributed by atoms with van der Waals surface area (Å²) in [5.74, 6) is 0.605. The zero-order chi connectivity index (χ0) is 15.2. The topological polar surface area (TPSA) is 71.3 Å². The summed E-state index contributed by atoms with van der Waals surface area (Å²) in [6, 6.07) is 1.47. The molecule has 1 unspecified atom stereocenters. The van der Waals surface area contributed by atoms with E-state index in [-0.39, 0.29) is 15.6 Å². The van der Waals surface area contributed by atoms with Gasteiger partial charge in [0, 0.05) is 12.1 Å². The summed E-state index contributed by atoms with van der Waals surface area (Å²) in [5, 5.41) is 3.17. The fourth-order valence-corrected chi connectivity index (χ4v) is 4.15. The third-order valence-electron chi connectivity index (χ3n) is 2.80. The van der Waals surface area contributed by atoms with E-state index in [2.05, 4.69) is 32.9 Å². The molecule has 0 radical (unpaired) electrons. The van der Waals surface area contributed by atoms with Crippen LogP contribution in [0.1, 0.15) is 45.8 Å². The molecule has 5 nitrogen and oxygen atoms in total. The third kappa shape index (κ3) is 5.20. The molecule has 116 valence electrons. The van der Waals surface area contributed by atoms with E-state index in [4.69, 9.17) is 4.42 Å². The molecular weight excluding hydrogens is 344 g/mol. The smallest absolute Gasteiger partial charge is 0.245 e. The van der Waals surface area contributed by atoms with Gasteiger partial charge in [-0.25, -0.2) is 13.1 Å². The predicted molar refractivity (Wildman–Crippen MR) is 83.1 cm³/mol. The zero-order valence-corrected chi connectivity index (χ0v) is 14.6. The standard InChI is InChI=1S/C13H23BrN2O3S/c1-4-6-10(3)16-20(17,18)12-8-11(19-13(12)14)9-15-7-5-2/h8,10,15-16H,4-7,9H2,1-3H3. The Balaban J connectivity index is 2.79. The van der Waals surface area contributed by atoms with Crippen LogP contribution in [0.15, 0.2) is 20.0 Å². The van der Waals surface area contributed by atoms with Crippen molar-refractivity contribution < 1.29 is 12.8 Å². The van der Waals surface area contributed by atoms with Crippen molar-refractivity contribution in [1.29, 1.82) is 0 Å². The largest absolute Gasteiger partial charge is 0.452 e. The number of hydrogen-bond acceptors (Lipinski definition) is 4. The van der Waals surface area contributed by atoms with Crippen LogP contribution in [0.2, 0.25) is 0 Å². The highest BCUT2D eigenvalue weighted by atomic mass is 79.9. The van der Waals surface area contributed by atoms with E-state index in [1.54, 1.807) is 6.07 Å². The summed E-state index contributed by atoms with van der Waals surface area (Å²) in [6.07, 6.45) is 2.76. The molecule has 0 amide bonds. The molecule has 1 rings (SSSR count). The molecule has 0 aliphatic rings. The minimum Gasteiger partial charge on any atom is -0.452 e. The van der Waals surface area contributed by atoms with Crippen molar-refractivity contribution in [2.24, 2.45) is 0 Å². The summed E-state index contributed by atoms with van der Waals surface area (Å²) in [5.41, 5.74) is 0. The summed E-state index contributed by atoms with van der Waals surface area (Å²) in [7, 11) is -3.54. The molecular formula is C13H23BrN2O3S. The molecule has 20 heavy (non-hydrogen) atoms. The Morgan fingerprint density at radius 1 is 1.35 bits per heavy atom. The van der Waals surface area contributed by atoms with Crippen LogP contribution < -0.4 is 10.0 Å². The molecule has 0 fully saturated rings. The summed E-state index contributed by atoms with van der Waals surface area (Å²) in [6.45, 7) is 7.34. The predicted octanol–water partition coefficient (Wildman–Crippen LogP) is 3.01. The maximum Gasteiger partial charge on any atom is 0.245 e. The minimum atomic E-state index is -3.54.